The molecule has 0 amide bonds. The van der Waals surface area contributed by atoms with E-state index >= 15 is 0 Å². The minimum absolute atomic E-state index is 0.432. The van der Waals surface area contributed by atoms with Gasteiger partial charge in [0, 0.05) is 29.7 Å². The monoisotopic (exact) mass is 250 g/mol. The first-order valence-corrected chi connectivity index (χ1v) is 5.14. The molecular formula is C13H9F3N2. The molecule has 0 fully saturated rings. The van der Waals surface area contributed by atoms with E-state index in [2.05, 4.69) is 4.98 Å². The highest BCUT2D eigenvalue weighted by Gasteiger charge is 2.30. The Bertz CT molecular complexity index is 576. The van der Waals surface area contributed by atoms with Crippen LogP contribution in [0.4, 0.5) is 13.2 Å². The molecule has 0 saturated carbocycles. The summed E-state index contributed by atoms with van der Waals surface area (Å²) in [5, 5.41) is 7.10. The molecule has 0 atom stereocenters. The maximum atomic E-state index is 12.6. The molecule has 1 N–H and O–H groups in total. The molecule has 0 aliphatic carbocycles. The molecule has 92 valence electrons. The number of nitrogens with zero attached hydrogens (tertiary/aromatic N) is 1. The zero-order valence-electron chi connectivity index (χ0n) is 9.20. The standard InChI is InChI=1S/C13H9F3N2/c14-13(15,16)12-3-1-2-10(5-12)11-4-9(6-17)7-18-8-11/h1-8,17H. The molecule has 5 heteroatoms. The summed E-state index contributed by atoms with van der Waals surface area (Å²) in [6.07, 6.45) is -0.306. The first-order valence-electron chi connectivity index (χ1n) is 5.14. The number of alkyl halides is 3. The molecule has 0 unspecified atom stereocenters. The van der Waals surface area contributed by atoms with Gasteiger partial charge in [0.1, 0.15) is 0 Å². The van der Waals surface area contributed by atoms with Crippen LogP contribution in [0.3, 0.4) is 0 Å². The van der Waals surface area contributed by atoms with Crippen molar-refractivity contribution in [3.63, 3.8) is 0 Å². The lowest BCUT2D eigenvalue weighted by Crippen LogP contribution is -2.04. The third kappa shape index (κ3) is 2.56. The van der Waals surface area contributed by atoms with E-state index in [9.17, 15) is 13.2 Å². The second-order valence-electron chi connectivity index (χ2n) is 3.73. The Kier molecular flexibility index (Phi) is 3.14. The topological polar surface area (TPSA) is 36.7 Å². The first kappa shape index (κ1) is 12.3. The minimum Gasteiger partial charge on any atom is -0.308 e. The highest BCUT2D eigenvalue weighted by molar-refractivity contribution is 5.79. The van der Waals surface area contributed by atoms with E-state index in [1.165, 1.54) is 18.5 Å². The lowest BCUT2D eigenvalue weighted by Gasteiger charge is -2.08. The Morgan fingerprint density at radius 1 is 1.06 bits per heavy atom. The molecule has 1 heterocycles. The fourth-order valence-electron chi connectivity index (χ4n) is 1.57. The van der Waals surface area contributed by atoms with Crippen molar-refractivity contribution in [3.8, 4) is 11.1 Å². The van der Waals surface area contributed by atoms with Gasteiger partial charge >= 0.3 is 6.18 Å². The molecule has 2 nitrogen and oxygen atoms in total. The second kappa shape index (κ2) is 4.60. The van der Waals surface area contributed by atoms with Gasteiger partial charge in [0.2, 0.25) is 0 Å². The minimum atomic E-state index is -4.36. The van der Waals surface area contributed by atoms with Gasteiger partial charge in [0.15, 0.2) is 0 Å². The van der Waals surface area contributed by atoms with Crippen LogP contribution in [0, 0.1) is 5.41 Å². The van der Waals surface area contributed by atoms with Gasteiger partial charge in [-0.05, 0) is 23.8 Å². The highest BCUT2D eigenvalue weighted by Crippen LogP contribution is 2.31. The van der Waals surface area contributed by atoms with E-state index < -0.39 is 11.7 Å². The SMILES string of the molecule is N=Cc1cncc(-c2cccc(C(F)(F)F)c2)c1. The van der Waals surface area contributed by atoms with Gasteiger partial charge in [0.25, 0.3) is 0 Å². The molecule has 1 aromatic carbocycles. The predicted molar refractivity (Wildman–Crippen MR) is 62.6 cm³/mol. The number of aromatic nitrogens is 1. The molecule has 1 aromatic heterocycles. The first-order chi connectivity index (χ1) is 8.50. The summed E-state index contributed by atoms with van der Waals surface area (Å²) in [6, 6.07) is 6.66. The number of hydrogen-bond acceptors (Lipinski definition) is 2. The van der Waals surface area contributed by atoms with E-state index in [4.69, 9.17) is 5.41 Å². The highest BCUT2D eigenvalue weighted by atomic mass is 19.4. The second-order valence-corrected chi connectivity index (χ2v) is 3.73. The maximum Gasteiger partial charge on any atom is 0.416 e. The average Bonchev–Trinajstić information content (AvgIpc) is 2.38. The zero-order valence-corrected chi connectivity index (χ0v) is 9.20. The van der Waals surface area contributed by atoms with Gasteiger partial charge in [-0.15, -0.1) is 0 Å². The van der Waals surface area contributed by atoms with Gasteiger partial charge in [-0.25, -0.2) is 0 Å². The lowest BCUT2D eigenvalue weighted by molar-refractivity contribution is -0.137. The van der Waals surface area contributed by atoms with Gasteiger partial charge in [-0.1, -0.05) is 12.1 Å². The van der Waals surface area contributed by atoms with E-state index in [-0.39, 0.29) is 0 Å². The van der Waals surface area contributed by atoms with Crippen LogP contribution in [0.15, 0.2) is 42.7 Å². The largest absolute Gasteiger partial charge is 0.416 e. The van der Waals surface area contributed by atoms with Crippen LogP contribution >= 0.6 is 0 Å². The molecule has 0 radical (unpaired) electrons. The molecule has 2 rings (SSSR count). The van der Waals surface area contributed by atoms with Crippen molar-refractivity contribution in [2.45, 2.75) is 6.18 Å². The maximum absolute atomic E-state index is 12.6. The molecule has 2 aromatic rings. The molecule has 0 spiro atoms. The van der Waals surface area contributed by atoms with Crippen LogP contribution in [0.1, 0.15) is 11.1 Å². The van der Waals surface area contributed by atoms with Crippen molar-refractivity contribution >= 4 is 6.21 Å². The Hall–Kier alpha value is -2.17. The Morgan fingerprint density at radius 2 is 1.83 bits per heavy atom. The van der Waals surface area contributed by atoms with E-state index in [1.54, 1.807) is 12.1 Å². The van der Waals surface area contributed by atoms with Crippen LogP contribution < -0.4 is 0 Å². The number of pyridine rings is 1. The normalized spacial score (nSPS) is 11.3. The van der Waals surface area contributed by atoms with Crippen LogP contribution in [0.2, 0.25) is 0 Å². The van der Waals surface area contributed by atoms with Gasteiger partial charge < -0.3 is 5.41 Å². The quantitative estimate of drug-likeness (QED) is 0.809. The fraction of sp³-hybridized carbons (Fsp3) is 0.0769. The van der Waals surface area contributed by atoms with Crippen LogP contribution in [-0.2, 0) is 6.18 Å². The summed E-state index contributed by atoms with van der Waals surface area (Å²) in [5.41, 5.74) is 0.841. The van der Waals surface area contributed by atoms with E-state index in [0.29, 0.717) is 16.7 Å². The van der Waals surface area contributed by atoms with Gasteiger partial charge in [0.05, 0.1) is 5.56 Å². The smallest absolute Gasteiger partial charge is 0.308 e. The summed E-state index contributed by atoms with van der Waals surface area (Å²) < 4.78 is 37.7. The van der Waals surface area contributed by atoms with E-state index in [0.717, 1.165) is 18.3 Å². The van der Waals surface area contributed by atoms with Crippen molar-refractivity contribution in [2.75, 3.05) is 0 Å². The number of benzene rings is 1. The average molecular weight is 250 g/mol. The number of rotatable bonds is 2. The van der Waals surface area contributed by atoms with Crippen molar-refractivity contribution in [1.82, 2.24) is 4.98 Å². The number of nitrogens with one attached hydrogen (secondary N) is 1. The Labute approximate surface area is 102 Å². The summed E-state index contributed by atoms with van der Waals surface area (Å²) in [7, 11) is 0. The summed E-state index contributed by atoms with van der Waals surface area (Å²) >= 11 is 0. The van der Waals surface area contributed by atoms with Crippen molar-refractivity contribution in [2.24, 2.45) is 0 Å². The van der Waals surface area contributed by atoms with Gasteiger partial charge in [-0.2, -0.15) is 13.2 Å². The summed E-state index contributed by atoms with van der Waals surface area (Å²) in [4.78, 5) is 3.89. The third-order valence-corrected chi connectivity index (χ3v) is 2.45. The summed E-state index contributed by atoms with van der Waals surface area (Å²) in [6.45, 7) is 0. The Balaban J connectivity index is 2.47. The van der Waals surface area contributed by atoms with Crippen LogP contribution in [0.5, 0.6) is 0 Å². The molecule has 18 heavy (non-hydrogen) atoms. The van der Waals surface area contributed by atoms with Crippen molar-refractivity contribution < 1.29 is 13.2 Å². The number of halogens is 3. The molecule has 0 aliphatic heterocycles. The molecule has 0 bridgehead atoms. The third-order valence-electron chi connectivity index (χ3n) is 2.45. The molecule has 0 saturated heterocycles. The summed E-state index contributed by atoms with van der Waals surface area (Å²) in [5.74, 6) is 0. The van der Waals surface area contributed by atoms with E-state index in [1.807, 2.05) is 0 Å². The predicted octanol–water partition coefficient (Wildman–Crippen LogP) is 3.77. The number of hydrogen-bond donors (Lipinski definition) is 1. The Morgan fingerprint density at radius 3 is 2.50 bits per heavy atom. The van der Waals surface area contributed by atoms with Crippen molar-refractivity contribution in [1.29, 1.82) is 5.41 Å². The zero-order chi connectivity index (χ0) is 13.2. The van der Waals surface area contributed by atoms with Crippen LogP contribution in [0.25, 0.3) is 11.1 Å². The fourth-order valence-corrected chi connectivity index (χ4v) is 1.57. The molecule has 0 aliphatic rings. The van der Waals surface area contributed by atoms with Gasteiger partial charge in [-0.3, -0.25) is 4.98 Å². The van der Waals surface area contributed by atoms with Crippen LogP contribution in [-0.4, -0.2) is 11.2 Å². The van der Waals surface area contributed by atoms with Crippen molar-refractivity contribution in [3.05, 3.63) is 53.9 Å². The lowest BCUT2D eigenvalue weighted by atomic mass is 10.0. The molecular weight excluding hydrogens is 241 g/mol.